The number of hydrogen-bond donors (Lipinski definition) is 0. The van der Waals surface area contributed by atoms with E-state index in [4.69, 9.17) is 4.74 Å². The maximum atomic E-state index is 12.4. The van der Waals surface area contributed by atoms with Crippen molar-refractivity contribution in [1.29, 1.82) is 0 Å². The second-order valence-corrected chi connectivity index (χ2v) is 6.37. The zero-order valence-electron chi connectivity index (χ0n) is 13.3. The Labute approximate surface area is 122 Å². The lowest BCUT2D eigenvalue weighted by atomic mass is 10.1. The van der Waals surface area contributed by atoms with Gasteiger partial charge in [0.25, 0.3) is 0 Å². The number of likely N-dealkylation sites (N-methyl/N-ethyl adjacent to an activating group) is 1. The fourth-order valence-electron chi connectivity index (χ4n) is 3.16. The largest absolute Gasteiger partial charge is 0.383 e. The number of rotatable bonds is 6. The molecule has 2 fully saturated rings. The molecule has 1 saturated heterocycles. The summed E-state index contributed by atoms with van der Waals surface area (Å²) in [5.41, 5.74) is 0. The van der Waals surface area contributed by atoms with Gasteiger partial charge in [-0.05, 0) is 33.7 Å². The Morgan fingerprint density at radius 3 is 2.35 bits per heavy atom. The second-order valence-electron chi connectivity index (χ2n) is 6.37. The molecule has 0 radical (unpaired) electrons. The van der Waals surface area contributed by atoms with Crippen molar-refractivity contribution in [2.45, 2.75) is 44.8 Å². The molecule has 0 bridgehead atoms. The van der Waals surface area contributed by atoms with Crippen LogP contribution in [0, 0.1) is 0 Å². The molecule has 1 aliphatic carbocycles. The molecule has 0 unspecified atom stereocenters. The van der Waals surface area contributed by atoms with Crippen molar-refractivity contribution >= 4 is 5.91 Å². The van der Waals surface area contributed by atoms with Crippen LogP contribution in [0.4, 0.5) is 0 Å². The third kappa shape index (κ3) is 3.93. The van der Waals surface area contributed by atoms with Crippen molar-refractivity contribution in [2.24, 2.45) is 0 Å². The van der Waals surface area contributed by atoms with Crippen molar-refractivity contribution in [3.05, 3.63) is 0 Å². The van der Waals surface area contributed by atoms with Gasteiger partial charge in [0, 0.05) is 44.9 Å². The molecule has 2 aliphatic rings. The van der Waals surface area contributed by atoms with Crippen molar-refractivity contribution in [1.82, 2.24) is 14.7 Å². The summed E-state index contributed by atoms with van der Waals surface area (Å²) in [5.74, 6) is 0.282. The van der Waals surface area contributed by atoms with Crippen LogP contribution in [0.5, 0.6) is 0 Å². The van der Waals surface area contributed by atoms with Crippen LogP contribution in [0.2, 0.25) is 0 Å². The smallest absolute Gasteiger partial charge is 0.236 e. The first-order valence-corrected chi connectivity index (χ1v) is 7.75. The van der Waals surface area contributed by atoms with E-state index in [2.05, 4.69) is 30.7 Å². The number of carbonyl (C=O) groups excluding carboxylic acids is 1. The second kappa shape index (κ2) is 6.87. The van der Waals surface area contributed by atoms with Gasteiger partial charge in [0.2, 0.25) is 5.91 Å². The summed E-state index contributed by atoms with van der Waals surface area (Å²) in [7, 11) is 3.81. The van der Waals surface area contributed by atoms with Crippen LogP contribution in [0.15, 0.2) is 0 Å². The third-order valence-corrected chi connectivity index (χ3v) is 4.56. The highest BCUT2D eigenvalue weighted by Gasteiger charge is 2.33. The Bertz CT molecular complexity index is 321. The highest BCUT2D eigenvalue weighted by atomic mass is 16.5. The van der Waals surface area contributed by atoms with Crippen LogP contribution >= 0.6 is 0 Å². The first-order valence-electron chi connectivity index (χ1n) is 7.75. The zero-order valence-corrected chi connectivity index (χ0v) is 13.3. The molecule has 0 aromatic rings. The van der Waals surface area contributed by atoms with Gasteiger partial charge >= 0.3 is 0 Å². The molecular formula is C15H29N3O2. The summed E-state index contributed by atoms with van der Waals surface area (Å²) in [6, 6.07) is 1.46. The molecule has 5 nitrogen and oxygen atoms in total. The molecule has 1 heterocycles. The molecule has 2 rings (SSSR count). The molecule has 0 N–H and O–H groups in total. The molecule has 0 aromatic heterocycles. The predicted octanol–water partition coefficient (Wildman–Crippen LogP) is 0.648. The summed E-state index contributed by atoms with van der Waals surface area (Å²) >= 11 is 0. The topological polar surface area (TPSA) is 36.0 Å². The van der Waals surface area contributed by atoms with E-state index in [1.165, 1.54) is 12.8 Å². The maximum absolute atomic E-state index is 12.4. The van der Waals surface area contributed by atoms with Crippen LogP contribution in [0.3, 0.4) is 0 Å². The van der Waals surface area contributed by atoms with Crippen LogP contribution in [0.1, 0.15) is 26.7 Å². The summed E-state index contributed by atoms with van der Waals surface area (Å²) in [6.45, 7) is 8.36. The van der Waals surface area contributed by atoms with E-state index in [0.29, 0.717) is 24.7 Å². The fourth-order valence-corrected chi connectivity index (χ4v) is 3.16. The molecule has 20 heavy (non-hydrogen) atoms. The van der Waals surface area contributed by atoms with Gasteiger partial charge < -0.3 is 9.64 Å². The molecule has 0 spiro atoms. The summed E-state index contributed by atoms with van der Waals surface area (Å²) in [6.07, 6.45) is 2.50. The first kappa shape index (κ1) is 15.7. The Hall–Kier alpha value is -0.650. The fraction of sp³-hybridized carbons (Fsp3) is 0.933. The molecular weight excluding hydrogens is 254 g/mol. The van der Waals surface area contributed by atoms with E-state index in [1.54, 1.807) is 7.11 Å². The van der Waals surface area contributed by atoms with Gasteiger partial charge in [0.15, 0.2) is 0 Å². The summed E-state index contributed by atoms with van der Waals surface area (Å²) < 4.78 is 5.17. The number of ether oxygens (including phenoxy) is 1. The zero-order chi connectivity index (χ0) is 14.7. The Morgan fingerprint density at radius 1 is 1.25 bits per heavy atom. The van der Waals surface area contributed by atoms with E-state index in [1.807, 2.05) is 4.90 Å². The summed E-state index contributed by atoms with van der Waals surface area (Å²) in [5, 5.41) is 0. The van der Waals surface area contributed by atoms with Gasteiger partial charge in [-0.25, -0.2) is 0 Å². The van der Waals surface area contributed by atoms with Crippen molar-refractivity contribution in [2.75, 3.05) is 46.9 Å². The van der Waals surface area contributed by atoms with Crippen LogP contribution in [0.25, 0.3) is 0 Å². The highest BCUT2D eigenvalue weighted by Crippen LogP contribution is 2.25. The lowest BCUT2D eigenvalue weighted by molar-refractivity contribution is -0.136. The molecule has 2 atom stereocenters. The van der Waals surface area contributed by atoms with E-state index < -0.39 is 0 Å². The van der Waals surface area contributed by atoms with E-state index in [0.717, 1.165) is 26.2 Å². The van der Waals surface area contributed by atoms with E-state index >= 15 is 0 Å². The minimum Gasteiger partial charge on any atom is -0.383 e. The van der Waals surface area contributed by atoms with Gasteiger partial charge in [0.05, 0.1) is 13.2 Å². The van der Waals surface area contributed by atoms with Crippen molar-refractivity contribution in [3.63, 3.8) is 0 Å². The van der Waals surface area contributed by atoms with Gasteiger partial charge in [-0.2, -0.15) is 0 Å². The Kier molecular flexibility index (Phi) is 5.41. The SMILES string of the molecule is COCCN1[C@H](C)CN(C(=O)CN(C)C2CC2)C[C@H]1C. The number of piperazine rings is 1. The molecule has 116 valence electrons. The number of hydrogen-bond acceptors (Lipinski definition) is 4. The van der Waals surface area contributed by atoms with Crippen LogP contribution in [-0.4, -0.2) is 85.7 Å². The van der Waals surface area contributed by atoms with Crippen molar-refractivity contribution in [3.8, 4) is 0 Å². The van der Waals surface area contributed by atoms with Crippen LogP contribution < -0.4 is 0 Å². The van der Waals surface area contributed by atoms with E-state index in [9.17, 15) is 4.79 Å². The molecule has 5 heteroatoms. The number of amides is 1. The van der Waals surface area contributed by atoms with Crippen LogP contribution in [-0.2, 0) is 9.53 Å². The molecule has 1 saturated carbocycles. The monoisotopic (exact) mass is 283 g/mol. The standard InChI is InChI=1S/C15H29N3O2/c1-12-9-17(10-13(2)18(12)7-8-20-4)15(19)11-16(3)14-5-6-14/h12-14H,5-11H2,1-4H3/t12-,13-/m1/s1. The predicted molar refractivity (Wildman–Crippen MR) is 79.7 cm³/mol. The normalized spacial score (nSPS) is 28.1. The highest BCUT2D eigenvalue weighted by molar-refractivity contribution is 5.78. The minimum absolute atomic E-state index is 0.282. The van der Waals surface area contributed by atoms with Gasteiger partial charge in [-0.1, -0.05) is 0 Å². The lowest BCUT2D eigenvalue weighted by Crippen LogP contribution is -2.59. The number of nitrogens with zero attached hydrogens (tertiary/aromatic N) is 3. The average molecular weight is 283 g/mol. The third-order valence-electron chi connectivity index (χ3n) is 4.56. The quantitative estimate of drug-likeness (QED) is 0.717. The molecule has 0 aromatic carbocycles. The summed E-state index contributed by atoms with van der Waals surface area (Å²) in [4.78, 5) is 19.1. The number of carbonyl (C=O) groups is 1. The van der Waals surface area contributed by atoms with E-state index in [-0.39, 0.29) is 5.91 Å². The minimum atomic E-state index is 0.282. The van der Waals surface area contributed by atoms with Gasteiger partial charge in [0.1, 0.15) is 0 Å². The van der Waals surface area contributed by atoms with Crippen molar-refractivity contribution < 1.29 is 9.53 Å². The lowest BCUT2D eigenvalue weighted by Gasteiger charge is -2.44. The Morgan fingerprint density at radius 2 is 1.85 bits per heavy atom. The molecule has 1 aliphatic heterocycles. The van der Waals surface area contributed by atoms with Gasteiger partial charge in [-0.3, -0.25) is 14.6 Å². The maximum Gasteiger partial charge on any atom is 0.236 e. The van der Waals surface area contributed by atoms with Gasteiger partial charge in [-0.15, -0.1) is 0 Å². The average Bonchev–Trinajstić information content (AvgIpc) is 3.21. The first-order chi connectivity index (χ1) is 9.52. The number of methoxy groups -OCH3 is 1. The Balaban J connectivity index is 1.83. The molecule has 1 amide bonds.